The zero-order valence-electron chi connectivity index (χ0n) is 33.4. The molecule has 4 heteroatoms. The van der Waals surface area contributed by atoms with Crippen LogP contribution in [0.5, 0.6) is 0 Å². The van der Waals surface area contributed by atoms with Crippen molar-refractivity contribution in [3.8, 4) is 0 Å². The average molecular weight is 687 g/mol. The molecule has 49 heavy (non-hydrogen) atoms. The summed E-state index contributed by atoms with van der Waals surface area (Å²) in [4.78, 5) is 26.3. The van der Waals surface area contributed by atoms with Gasteiger partial charge in [0.1, 0.15) is 6.54 Å². The van der Waals surface area contributed by atoms with Gasteiger partial charge >= 0.3 is 0 Å². The molecule has 0 amide bonds. The predicted molar refractivity (Wildman–Crippen MR) is 215 cm³/mol. The minimum Gasteiger partial charge on any atom is -0.396 e. The number of unbranched alkanes of at least 4 members (excludes halogenated alkanes) is 23. The van der Waals surface area contributed by atoms with Gasteiger partial charge in [0.15, 0.2) is 11.6 Å². The minimum atomic E-state index is 0.112. The number of aliphatic hydroxyl groups is 1. The van der Waals surface area contributed by atoms with E-state index in [9.17, 15) is 14.7 Å². The maximum atomic E-state index is 13.3. The minimum absolute atomic E-state index is 0.112. The summed E-state index contributed by atoms with van der Waals surface area (Å²) in [5, 5.41) is 9.22. The molecule has 0 spiro atoms. The highest BCUT2D eigenvalue weighted by Gasteiger charge is 2.22. The van der Waals surface area contributed by atoms with E-state index in [1.54, 1.807) is 6.08 Å². The molecule has 0 aliphatic rings. The predicted octanol–water partition coefficient (Wildman–Crippen LogP) is 13.0. The van der Waals surface area contributed by atoms with Crippen LogP contribution in [0.15, 0.2) is 36.0 Å². The first kappa shape index (κ1) is 47.5. The molecule has 4 nitrogen and oxygen atoms in total. The van der Waals surface area contributed by atoms with Gasteiger partial charge in [0.25, 0.3) is 0 Å². The molecule has 0 aromatic carbocycles. The Hall–Kier alpha value is -1.52. The first-order valence-electron chi connectivity index (χ1n) is 21.4. The third-order valence-corrected chi connectivity index (χ3v) is 9.81. The van der Waals surface area contributed by atoms with Crippen molar-refractivity contribution in [2.75, 3.05) is 33.8 Å². The number of carbonyl (C=O) groups excluding carboxylic acids is 2. The number of quaternary nitrogens is 1. The van der Waals surface area contributed by atoms with Gasteiger partial charge in [-0.1, -0.05) is 141 Å². The molecule has 0 aromatic rings. The Morgan fingerprint density at radius 3 is 1.31 bits per heavy atom. The maximum Gasteiger partial charge on any atom is 0.164 e. The van der Waals surface area contributed by atoms with E-state index >= 15 is 0 Å². The van der Waals surface area contributed by atoms with Crippen molar-refractivity contribution in [2.45, 2.75) is 206 Å². The number of allylic oxidation sites excluding steroid dienone is 5. The number of ketones is 2. The number of hydrogen-bond donors (Lipinski definition) is 1. The molecule has 286 valence electrons. The van der Waals surface area contributed by atoms with Crippen LogP contribution in [-0.2, 0) is 9.59 Å². The van der Waals surface area contributed by atoms with E-state index in [2.05, 4.69) is 52.2 Å². The summed E-state index contributed by atoms with van der Waals surface area (Å²) in [6, 6.07) is 0. The quantitative estimate of drug-likeness (QED) is 0.0304. The molecule has 0 fully saturated rings. The van der Waals surface area contributed by atoms with Gasteiger partial charge < -0.3 is 9.59 Å². The van der Waals surface area contributed by atoms with Crippen LogP contribution < -0.4 is 0 Å². The van der Waals surface area contributed by atoms with Gasteiger partial charge in [-0.25, -0.2) is 0 Å². The average Bonchev–Trinajstić information content (AvgIpc) is 3.07. The number of nitrogens with zero attached hydrogens (tertiary/aromatic N) is 1. The normalized spacial score (nSPS) is 12.6. The van der Waals surface area contributed by atoms with E-state index in [0.29, 0.717) is 29.4 Å². The molecule has 0 heterocycles. The second kappa shape index (κ2) is 36.3. The summed E-state index contributed by atoms with van der Waals surface area (Å²) in [5.74, 6) is 0.268. The smallest absolute Gasteiger partial charge is 0.164 e. The molecule has 0 bridgehead atoms. The standard InChI is InChI=1S/C45H84NO3/c1-5-7-9-11-13-15-17-19-21-23-25-27-29-31-33-37-44(48)41-43(42-46(3,4)39-35-36-40-47)45(49)38-34-32-30-28-26-24-22-20-18-16-14-12-10-8-6-2/h19-22,41,47H,5-18,23-40,42H2,1-4H3/q+1/b21-19-,22-20-,43-41?. The topological polar surface area (TPSA) is 54.4 Å². The second-order valence-corrected chi connectivity index (χ2v) is 15.5. The summed E-state index contributed by atoms with van der Waals surface area (Å²) in [6.07, 6.45) is 46.3. The second-order valence-electron chi connectivity index (χ2n) is 15.5. The van der Waals surface area contributed by atoms with Crippen LogP contribution in [0.1, 0.15) is 206 Å². The third-order valence-electron chi connectivity index (χ3n) is 9.81. The summed E-state index contributed by atoms with van der Waals surface area (Å²) in [7, 11) is 4.27. The number of likely N-dealkylation sites (N-methyl/N-ethyl adjacent to an activating group) is 1. The molecular formula is C45H84NO3+. The van der Waals surface area contributed by atoms with E-state index in [1.807, 2.05) is 0 Å². The van der Waals surface area contributed by atoms with E-state index in [0.717, 1.165) is 45.1 Å². The van der Waals surface area contributed by atoms with Crippen molar-refractivity contribution in [2.24, 2.45) is 0 Å². The van der Waals surface area contributed by atoms with Crippen LogP contribution in [0.3, 0.4) is 0 Å². The summed E-state index contributed by atoms with van der Waals surface area (Å²) >= 11 is 0. The zero-order valence-corrected chi connectivity index (χ0v) is 33.4. The molecular weight excluding hydrogens is 602 g/mol. The molecule has 0 aromatic heterocycles. The lowest BCUT2D eigenvalue weighted by molar-refractivity contribution is -0.885. The Morgan fingerprint density at radius 1 is 0.490 bits per heavy atom. The fourth-order valence-corrected chi connectivity index (χ4v) is 6.56. The molecule has 0 atom stereocenters. The van der Waals surface area contributed by atoms with Crippen molar-refractivity contribution < 1.29 is 19.2 Å². The van der Waals surface area contributed by atoms with Gasteiger partial charge in [0.2, 0.25) is 0 Å². The van der Waals surface area contributed by atoms with Gasteiger partial charge in [-0.15, -0.1) is 0 Å². The van der Waals surface area contributed by atoms with Crippen LogP contribution in [0.4, 0.5) is 0 Å². The van der Waals surface area contributed by atoms with Gasteiger partial charge in [-0.2, -0.15) is 0 Å². The largest absolute Gasteiger partial charge is 0.396 e. The summed E-state index contributed by atoms with van der Waals surface area (Å²) in [5.41, 5.74) is 0.710. The molecule has 0 radical (unpaired) electrons. The van der Waals surface area contributed by atoms with E-state index in [1.165, 1.54) is 141 Å². The molecule has 0 aliphatic heterocycles. The number of rotatable bonds is 38. The fraction of sp³-hybridized carbons (Fsp3) is 0.822. The fourth-order valence-electron chi connectivity index (χ4n) is 6.56. The highest BCUT2D eigenvalue weighted by Crippen LogP contribution is 2.16. The summed E-state index contributed by atoms with van der Waals surface area (Å²) in [6.45, 7) is 6.22. The maximum absolute atomic E-state index is 13.3. The Bertz CT molecular complexity index is 840. The lowest BCUT2D eigenvalue weighted by Gasteiger charge is -2.30. The van der Waals surface area contributed by atoms with Crippen molar-refractivity contribution in [3.05, 3.63) is 36.0 Å². The highest BCUT2D eigenvalue weighted by molar-refractivity contribution is 6.02. The Labute approximate surface area is 306 Å². The Kier molecular flexibility index (Phi) is 35.2. The molecule has 0 unspecified atom stereocenters. The number of carbonyl (C=O) groups is 2. The molecule has 0 aliphatic carbocycles. The van der Waals surface area contributed by atoms with Crippen LogP contribution >= 0.6 is 0 Å². The lowest BCUT2D eigenvalue weighted by atomic mass is 9.99. The van der Waals surface area contributed by atoms with Crippen LogP contribution in [0.25, 0.3) is 0 Å². The zero-order chi connectivity index (χ0) is 36.1. The van der Waals surface area contributed by atoms with Gasteiger partial charge in [-0.05, 0) is 83.1 Å². The van der Waals surface area contributed by atoms with Gasteiger partial charge in [-0.3, -0.25) is 9.59 Å². The summed E-state index contributed by atoms with van der Waals surface area (Å²) < 4.78 is 0.671. The van der Waals surface area contributed by atoms with E-state index in [4.69, 9.17) is 0 Å². The monoisotopic (exact) mass is 687 g/mol. The first-order valence-corrected chi connectivity index (χ1v) is 21.4. The SMILES string of the molecule is CCCCCCCC/C=C\CCCCCCCC(=O)C=C(C[N+](C)(C)CCCCO)C(=O)CCCCCCC/C=C\CCCCCCCC. The molecule has 0 saturated carbocycles. The van der Waals surface area contributed by atoms with E-state index in [-0.39, 0.29) is 18.2 Å². The number of hydrogen-bond acceptors (Lipinski definition) is 3. The lowest BCUT2D eigenvalue weighted by Crippen LogP contribution is -2.43. The number of Topliss-reactive ketones (excluding diaryl/α,β-unsaturated/α-hetero) is 1. The van der Waals surface area contributed by atoms with Crippen molar-refractivity contribution in [3.63, 3.8) is 0 Å². The molecule has 0 rings (SSSR count). The van der Waals surface area contributed by atoms with Crippen molar-refractivity contribution in [1.82, 2.24) is 0 Å². The van der Waals surface area contributed by atoms with Crippen molar-refractivity contribution in [1.29, 1.82) is 0 Å². The van der Waals surface area contributed by atoms with Gasteiger partial charge in [0.05, 0.1) is 26.2 Å². The van der Waals surface area contributed by atoms with Crippen LogP contribution in [0.2, 0.25) is 0 Å². The third kappa shape index (κ3) is 34.7. The highest BCUT2D eigenvalue weighted by atomic mass is 16.3. The molecule has 0 saturated heterocycles. The van der Waals surface area contributed by atoms with Crippen molar-refractivity contribution >= 4 is 11.6 Å². The Balaban J connectivity index is 4.37. The van der Waals surface area contributed by atoms with E-state index < -0.39 is 0 Å². The Morgan fingerprint density at radius 2 is 0.878 bits per heavy atom. The number of aliphatic hydroxyl groups excluding tert-OH is 1. The first-order chi connectivity index (χ1) is 23.9. The van der Waals surface area contributed by atoms with Crippen LogP contribution in [-0.4, -0.2) is 54.9 Å². The van der Waals surface area contributed by atoms with Gasteiger partial charge in [0, 0.05) is 19.4 Å². The molecule has 1 N–H and O–H groups in total. The van der Waals surface area contributed by atoms with Crippen LogP contribution in [0, 0.1) is 0 Å².